The fraction of sp³-hybridized carbons (Fsp3) is 0.519. The molecule has 2 aromatic carbocycles. The zero-order valence-corrected chi connectivity index (χ0v) is 20.5. The Morgan fingerprint density at radius 3 is 2.05 bits per heavy atom. The molecule has 2 fully saturated rings. The van der Waals surface area contributed by atoms with Gasteiger partial charge in [-0.2, -0.15) is 26.3 Å². The van der Waals surface area contributed by atoms with Crippen LogP contribution in [0.5, 0.6) is 0 Å². The van der Waals surface area contributed by atoms with E-state index in [9.17, 15) is 31.1 Å². The van der Waals surface area contributed by atoms with E-state index in [0.717, 1.165) is 55.4 Å². The number of benzene rings is 2. The summed E-state index contributed by atoms with van der Waals surface area (Å²) in [5.41, 5.74) is -0.749. The largest absolute Gasteiger partial charge is 0.416 e. The van der Waals surface area contributed by atoms with Crippen molar-refractivity contribution < 1.29 is 35.9 Å². The number of alkyl halides is 6. The molecule has 2 heterocycles. The summed E-state index contributed by atoms with van der Waals surface area (Å²) in [4.78, 5) is 11.1. The molecule has 0 bridgehead atoms. The van der Waals surface area contributed by atoms with Crippen LogP contribution in [0.1, 0.15) is 53.0 Å². The standard InChI is InChI=1S/C27H30F6N2O2/c1-18-4-2-3-5-23(18)24-8-11-35(34-9-6-19(16-36)7-10-34)15-25(24)37-17-20-12-21(26(28,29)30)14-22(13-20)27(31,32)33/h2-5,12-14,16,19,24-25H,6-11,15,17H2,1H3/t24-,25-/m0/s1. The first-order chi connectivity index (χ1) is 17.5. The molecule has 0 N–H and O–H groups in total. The molecule has 2 aromatic rings. The Hall–Kier alpha value is -2.43. The summed E-state index contributed by atoms with van der Waals surface area (Å²) in [6.45, 7) is 4.23. The molecule has 0 amide bonds. The summed E-state index contributed by atoms with van der Waals surface area (Å²) in [6.07, 6.45) is -7.06. The first-order valence-electron chi connectivity index (χ1n) is 12.4. The predicted octanol–water partition coefficient (Wildman–Crippen LogP) is 6.23. The average Bonchev–Trinajstić information content (AvgIpc) is 2.86. The monoisotopic (exact) mass is 528 g/mol. The number of aryl methyl sites for hydroxylation is 1. The van der Waals surface area contributed by atoms with Gasteiger partial charge < -0.3 is 9.53 Å². The van der Waals surface area contributed by atoms with E-state index in [1.165, 1.54) is 0 Å². The lowest BCUT2D eigenvalue weighted by molar-refractivity contribution is -0.143. The van der Waals surface area contributed by atoms with Crippen LogP contribution in [0.15, 0.2) is 42.5 Å². The summed E-state index contributed by atoms with van der Waals surface area (Å²) in [7, 11) is 0. The highest BCUT2D eigenvalue weighted by Crippen LogP contribution is 2.38. The Morgan fingerprint density at radius 2 is 1.49 bits per heavy atom. The zero-order valence-electron chi connectivity index (χ0n) is 20.5. The lowest BCUT2D eigenvalue weighted by atomic mass is 9.85. The summed E-state index contributed by atoms with van der Waals surface area (Å²) >= 11 is 0. The number of ether oxygens (including phenoxy) is 1. The molecule has 4 rings (SSSR count). The normalized spacial score (nSPS) is 22.8. The third-order valence-electron chi connectivity index (χ3n) is 7.35. The van der Waals surface area contributed by atoms with Crippen molar-refractivity contribution in [1.82, 2.24) is 10.0 Å². The first-order valence-corrected chi connectivity index (χ1v) is 12.4. The van der Waals surface area contributed by atoms with Gasteiger partial charge >= 0.3 is 12.4 Å². The number of piperidine rings is 2. The van der Waals surface area contributed by atoms with Gasteiger partial charge in [0.25, 0.3) is 0 Å². The van der Waals surface area contributed by atoms with Crippen molar-refractivity contribution in [3.63, 3.8) is 0 Å². The van der Waals surface area contributed by atoms with Crippen LogP contribution >= 0.6 is 0 Å². The van der Waals surface area contributed by atoms with Gasteiger partial charge in [0.15, 0.2) is 0 Å². The van der Waals surface area contributed by atoms with Gasteiger partial charge in [0, 0.05) is 38.0 Å². The number of hydrogen-bond donors (Lipinski definition) is 0. The van der Waals surface area contributed by atoms with Gasteiger partial charge in [-0.25, -0.2) is 10.0 Å². The van der Waals surface area contributed by atoms with Crippen LogP contribution in [-0.4, -0.2) is 48.6 Å². The molecular formula is C27H30F6N2O2. The van der Waals surface area contributed by atoms with Crippen molar-refractivity contribution in [3.05, 3.63) is 70.3 Å². The highest BCUT2D eigenvalue weighted by Gasteiger charge is 2.38. The number of hydrazine groups is 1. The number of hydrogen-bond acceptors (Lipinski definition) is 4. The average molecular weight is 529 g/mol. The molecule has 2 aliphatic rings. The SMILES string of the molecule is Cc1ccccc1[C@@H]1CCN(N2CCC(C=O)CC2)C[C@@H]1OCc1cc(C(F)(F)F)cc(C(F)(F)F)c1. The van der Waals surface area contributed by atoms with Crippen LogP contribution in [0.25, 0.3) is 0 Å². The van der Waals surface area contributed by atoms with Crippen LogP contribution in [0.3, 0.4) is 0 Å². The van der Waals surface area contributed by atoms with E-state index in [1.54, 1.807) is 0 Å². The maximum atomic E-state index is 13.3. The van der Waals surface area contributed by atoms with Crippen LogP contribution in [0.4, 0.5) is 26.3 Å². The van der Waals surface area contributed by atoms with E-state index in [-0.39, 0.29) is 30.1 Å². The number of nitrogens with zero attached hydrogens (tertiary/aromatic N) is 2. The number of carbonyl (C=O) groups is 1. The van der Waals surface area contributed by atoms with Crippen LogP contribution in [0.2, 0.25) is 0 Å². The maximum Gasteiger partial charge on any atom is 0.416 e. The smallest absolute Gasteiger partial charge is 0.372 e. The second kappa shape index (κ2) is 11.1. The number of rotatable bonds is 6. The molecule has 10 heteroatoms. The molecule has 2 saturated heterocycles. The maximum absolute atomic E-state index is 13.3. The molecule has 0 aliphatic carbocycles. The van der Waals surface area contributed by atoms with Gasteiger partial charge in [-0.1, -0.05) is 24.3 Å². The van der Waals surface area contributed by atoms with Gasteiger partial charge in [-0.15, -0.1) is 0 Å². The summed E-state index contributed by atoms with van der Waals surface area (Å²) in [6, 6.07) is 9.39. The van der Waals surface area contributed by atoms with Crippen molar-refractivity contribution in [3.8, 4) is 0 Å². The minimum absolute atomic E-state index is 0.0385. The molecule has 0 spiro atoms. The molecular weight excluding hydrogens is 498 g/mol. The number of carbonyl (C=O) groups excluding carboxylic acids is 1. The molecule has 2 aliphatic heterocycles. The van der Waals surface area contributed by atoms with E-state index in [2.05, 4.69) is 10.0 Å². The molecule has 0 unspecified atom stereocenters. The minimum Gasteiger partial charge on any atom is -0.372 e. The second-order valence-electron chi connectivity index (χ2n) is 9.86. The topological polar surface area (TPSA) is 32.8 Å². The summed E-state index contributed by atoms with van der Waals surface area (Å²) in [5.74, 6) is -0.0191. The Labute approximate surface area is 212 Å². The van der Waals surface area contributed by atoms with Gasteiger partial charge in [0.05, 0.1) is 23.8 Å². The molecule has 0 radical (unpaired) electrons. The Kier molecular flexibility index (Phi) is 8.30. The van der Waals surface area contributed by atoms with E-state index in [0.29, 0.717) is 19.6 Å². The van der Waals surface area contributed by atoms with Gasteiger partial charge in [-0.05, 0) is 61.1 Å². The van der Waals surface area contributed by atoms with E-state index >= 15 is 0 Å². The fourth-order valence-corrected chi connectivity index (χ4v) is 5.30. The molecule has 4 nitrogen and oxygen atoms in total. The van der Waals surface area contributed by atoms with Gasteiger partial charge in [0.2, 0.25) is 0 Å². The van der Waals surface area contributed by atoms with Crippen molar-refractivity contribution in [2.45, 2.75) is 57.2 Å². The molecule has 0 saturated carbocycles. The molecule has 202 valence electrons. The highest BCUT2D eigenvalue weighted by atomic mass is 19.4. The van der Waals surface area contributed by atoms with Crippen LogP contribution in [0, 0.1) is 12.8 Å². The van der Waals surface area contributed by atoms with E-state index in [1.807, 2.05) is 31.2 Å². The van der Waals surface area contributed by atoms with Gasteiger partial charge in [-0.3, -0.25) is 0 Å². The third kappa shape index (κ3) is 6.72. The summed E-state index contributed by atoms with van der Waals surface area (Å²) in [5, 5.41) is 4.32. The minimum atomic E-state index is -4.91. The summed E-state index contributed by atoms with van der Waals surface area (Å²) < 4.78 is 86.1. The van der Waals surface area contributed by atoms with Crippen molar-refractivity contribution in [2.75, 3.05) is 26.2 Å². The van der Waals surface area contributed by atoms with Crippen molar-refractivity contribution >= 4 is 6.29 Å². The Bertz CT molecular complexity index is 1050. The number of halogens is 6. The van der Waals surface area contributed by atoms with Crippen LogP contribution in [-0.2, 0) is 28.5 Å². The first kappa shape index (κ1) is 27.6. The molecule has 2 atom stereocenters. The van der Waals surface area contributed by atoms with Crippen molar-refractivity contribution in [1.29, 1.82) is 0 Å². The Balaban J connectivity index is 1.57. The van der Waals surface area contributed by atoms with Crippen LogP contribution < -0.4 is 0 Å². The quantitative estimate of drug-likeness (QED) is 0.329. The zero-order chi connectivity index (χ0) is 26.8. The van der Waals surface area contributed by atoms with Crippen molar-refractivity contribution in [2.24, 2.45) is 5.92 Å². The third-order valence-corrected chi connectivity index (χ3v) is 7.35. The fourth-order valence-electron chi connectivity index (χ4n) is 5.30. The Morgan fingerprint density at radius 1 is 0.892 bits per heavy atom. The molecule has 37 heavy (non-hydrogen) atoms. The van der Waals surface area contributed by atoms with E-state index in [4.69, 9.17) is 4.74 Å². The lowest BCUT2D eigenvalue weighted by Crippen LogP contribution is -2.54. The number of aldehydes is 1. The van der Waals surface area contributed by atoms with Gasteiger partial charge in [0.1, 0.15) is 6.29 Å². The lowest BCUT2D eigenvalue weighted by Gasteiger charge is -2.45. The second-order valence-corrected chi connectivity index (χ2v) is 9.86. The van der Waals surface area contributed by atoms with E-state index < -0.39 is 29.6 Å². The molecule has 0 aromatic heterocycles. The highest BCUT2D eigenvalue weighted by molar-refractivity contribution is 5.53. The predicted molar refractivity (Wildman–Crippen MR) is 125 cm³/mol.